The molecule has 0 unspecified atom stereocenters. The van der Waals surface area contributed by atoms with E-state index in [1.54, 1.807) is 42.7 Å². The van der Waals surface area contributed by atoms with Gasteiger partial charge in [0.2, 0.25) is 15.9 Å². The van der Waals surface area contributed by atoms with Crippen molar-refractivity contribution in [3.8, 4) is 0 Å². The van der Waals surface area contributed by atoms with Crippen LogP contribution in [0, 0.1) is 11.7 Å². The number of halogens is 2. The standard InChI is InChI=1S/C26H26ClFN4O4S/c27-22-7-3-8-23(28)21(22)17-37(35,36)32-13-10-19(11-14-32)25(33)31-24-9-2-1-6-20(24)26(34)30-16-18-5-4-12-29-15-18/h1-9,12,15,19H,10-11,13-14,16-17H2,(H,30,34)(H,31,33). The molecule has 11 heteroatoms. The first kappa shape index (κ1) is 26.7. The van der Waals surface area contributed by atoms with Gasteiger partial charge in [-0.1, -0.05) is 35.9 Å². The highest BCUT2D eigenvalue weighted by Gasteiger charge is 2.32. The number of carbonyl (C=O) groups excluding carboxylic acids is 2. The zero-order chi connectivity index (χ0) is 26.4. The number of amides is 2. The molecule has 2 aromatic carbocycles. The summed E-state index contributed by atoms with van der Waals surface area (Å²) in [5.74, 6) is -2.28. The Hall–Kier alpha value is -3.34. The highest BCUT2D eigenvalue weighted by atomic mass is 35.5. The molecule has 0 bridgehead atoms. The molecular formula is C26H26ClFN4O4S. The van der Waals surface area contributed by atoms with E-state index in [-0.39, 0.29) is 35.5 Å². The Morgan fingerprint density at radius 2 is 1.81 bits per heavy atom. The molecule has 1 saturated heterocycles. The number of nitrogens with one attached hydrogen (secondary N) is 2. The lowest BCUT2D eigenvalue weighted by molar-refractivity contribution is -0.120. The van der Waals surface area contributed by atoms with E-state index in [0.29, 0.717) is 30.6 Å². The molecule has 2 N–H and O–H groups in total. The Morgan fingerprint density at radius 1 is 1.05 bits per heavy atom. The first-order valence-electron chi connectivity index (χ1n) is 11.7. The van der Waals surface area contributed by atoms with Crippen molar-refractivity contribution in [2.75, 3.05) is 18.4 Å². The van der Waals surface area contributed by atoms with Crippen molar-refractivity contribution in [2.45, 2.75) is 25.1 Å². The average Bonchev–Trinajstić information content (AvgIpc) is 2.90. The van der Waals surface area contributed by atoms with Crippen molar-refractivity contribution >= 4 is 39.1 Å². The normalized spacial score (nSPS) is 14.8. The van der Waals surface area contributed by atoms with Gasteiger partial charge in [0.15, 0.2) is 0 Å². The number of carbonyl (C=O) groups is 2. The van der Waals surface area contributed by atoms with E-state index in [9.17, 15) is 22.4 Å². The third-order valence-corrected chi connectivity index (χ3v) is 8.37. The first-order valence-corrected chi connectivity index (χ1v) is 13.7. The van der Waals surface area contributed by atoms with Crippen LogP contribution >= 0.6 is 11.6 Å². The van der Waals surface area contributed by atoms with Gasteiger partial charge in [0.1, 0.15) is 5.82 Å². The summed E-state index contributed by atoms with van der Waals surface area (Å²) in [6.07, 6.45) is 3.90. The maximum atomic E-state index is 14.1. The van der Waals surface area contributed by atoms with Crippen molar-refractivity contribution in [1.29, 1.82) is 0 Å². The van der Waals surface area contributed by atoms with Gasteiger partial charge in [0.25, 0.3) is 5.91 Å². The van der Waals surface area contributed by atoms with Gasteiger partial charge in [-0.05, 0) is 48.7 Å². The zero-order valence-electron chi connectivity index (χ0n) is 19.9. The number of hydrogen-bond acceptors (Lipinski definition) is 5. The Balaban J connectivity index is 1.35. The van der Waals surface area contributed by atoms with Gasteiger partial charge >= 0.3 is 0 Å². The molecule has 37 heavy (non-hydrogen) atoms. The number of para-hydroxylation sites is 1. The Kier molecular flexibility index (Phi) is 8.52. The summed E-state index contributed by atoms with van der Waals surface area (Å²) in [6.45, 7) is 0.541. The second-order valence-corrected chi connectivity index (χ2v) is 11.1. The van der Waals surface area contributed by atoms with Crippen LogP contribution in [0.25, 0.3) is 0 Å². The fourth-order valence-electron chi connectivity index (χ4n) is 4.15. The zero-order valence-corrected chi connectivity index (χ0v) is 21.4. The van der Waals surface area contributed by atoms with E-state index in [0.717, 1.165) is 5.56 Å². The number of hydrogen-bond donors (Lipinski definition) is 2. The fraction of sp³-hybridized carbons (Fsp3) is 0.269. The quantitative estimate of drug-likeness (QED) is 0.446. The molecular weight excluding hydrogens is 519 g/mol. The van der Waals surface area contributed by atoms with Gasteiger partial charge in [-0.25, -0.2) is 17.1 Å². The van der Waals surface area contributed by atoms with Crippen molar-refractivity contribution in [2.24, 2.45) is 5.92 Å². The molecule has 3 aromatic rings. The molecule has 0 spiro atoms. The van der Waals surface area contributed by atoms with Crippen LogP contribution in [0.4, 0.5) is 10.1 Å². The number of rotatable bonds is 8. The highest BCUT2D eigenvalue weighted by molar-refractivity contribution is 7.88. The first-order chi connectivity index (χ1) is 17.7. The molecule has 194 valence electrons. The smallest absolute Gasteiger partial charge is 0.253 e. The molecule has 8 nitrogen and oxygen atoms in total. The van der Waals surface area contributed by atoms with Gasteiger partial charge in [-0.15, -0.1) is 0 Å². The number of sulfonamides is 1. The third kappa shape index (κ3) is 6.71. The van der Waals surface area contributed by atoms with E-state index in [2.05, 4.69) is 15.6 Å². The molecule has 0 aliphatic carbocycles. The molecule has 1 aliphatic rings. The van der Waals surface area contributed by atoms with Crippen LogP contribution in [-0.2, 0) is 27.1 Å². The van der Waals surface area contributed by atoms with E-state index in [1.807, 2.05) is 6.07 Å². The molecule has 1 fully saturated rings. The van der Waals surface area contributed by atoms with E-state index < -0.39 is 27.5 Å². The summed E-state index contributed by atoms with van der Waals surface area (Å²) in [4.78, 5) is 29.7. The van der Waals surface area contributed by atoms with Gasteiger partial charge in [0.05, 0.1) is 17.0 Å². The number of benzene rings is 2. The molecule has 1 aliphatic heterocycles. The number of anilines is 1. The van der Waals surface area contributed by atoms with Crippen molar-refractivity contribution in [1.82, 2.24) is 14.6 Å². The Bertz CT molecular complexity index is 1360. The van der Waals surface area contributed by atoms with Gasteiger partial charge < -0.3 is 10.6 Å². The van der Waals surface area contributed by atoms with Gasteiger partial charge in [-0.3, -0.25) is 14.6 Å². The van der Waals surface area contributed by atoms with E-state index in [4.69, 9.17) is 11.6 Å². The predicted molar refractivity (Wildman–Crippen MR) is 139 cm³/mol. The molecule has 0 saturated carbocycles. The van der Waals surface area contributed by atoms with Crippen LogP contribution in [0.5, 0.6) is 0 Å². The summed E-state index contributed by atoms with van der Waals surface area (Å²) in [6, 6.07) is 14.4. The highest BCUT2D eigenvalue weighted by Crippen LogP contribution is 2.27. The maximum absolute atomic E-state index is 14.1. The van der Waals surface area contributed by atoms with Crippen LogP contribution in [0.1, 0.15) is 34.3 Å². The molecule has 2 amide bonds. The van der Waals surface area contributed by atoms with Crippen molar-refractivity contribution in [3.05, 3.63) is 94.5 Å². The van der Waals surface area contributed by atoms with Gasteiger partial charge in [0, 0.05) is 48.5 Å². The lowest BCUT2D eigenvalue weighted by atomic mass is 9.97. The number of piperidine rings is 1. The summed E-state index contributed by atoms with van der Waals surface area (Å²) < 4.78 is 41.1. The lowest BCUT2D eigenvalue weighted by Crippen LogP contribution is -2.42. The molecule has 2 heterocycles. The van der Waals surface area contributed by atoms with E-state index >= 15 is 0 Å². The minimum atomic E-state index is -3.82. The third-order valence-electron chi connectivity index (χ3n) is 6.21. The van der Waals surface area contributed by atoms with Crippen molar-refractivity contribution < 1.29 is 22.4 Å². The number of nitrogens with zero attached hydrogens (tertiary/aromatic N) is 2. The van der Waals surface area contributed by atoms with Crippen LogP contribution in [0.2, 0.25) is 5.02 Å². The lowest BCUT2D eigenvalue weighted by Gasteiger charge is -2.30. The summed E-state index contributed by atoms with van der Waals surface area (Å²) >= 11 is 6.00. The van der Waals surface area contributed by atoms with Crippen molar-refractivity contribution in [3.63, 3.8) is 0 Å². The average molecular weight is 545 g/mol. The Morgan fingerprint density at radius 3 is 2.51 bits per heavy atom. The minimum absolute atomic E-state index is 0.0565. The fourth-order valence-corrected chi connectivity index (χ4v) is 6.06. The minimum Gasteiger partial charge on any atom is -0.348 e. The topological polar surface area (TPSA) is 108 Å². The van der Waals surface area contributed by atoms with Crippen LogP contribution in [0.15, 0.2) is 67.0 Å². The summed E-state index contributed by atoms with van der Waals surface area (Å²) in [7, 11) is -3.82. The second kappa shape index (κ2) is 11.8. The Labute approximate surface area is 219 Å². The second-order valence-electron chi connectivity index (χ2n) is 8.71. The SMILES string of the molecule is O=C(NCc1cccnc1)c1ccccc1NC(=O)C1CCN(S(=O)(=O)Cc2c(F)cccc2Cl)CC1. The molecule has 0 radical (unpaired) electrons. The molecule has 0 atom stereocenters. The van der Waals surface area contributed by atoms with Gasteiger partial charge in [-0.2, -0.15) is 0 Å². The maximum Gasteiger partial charge on any atom is 0.253 e. The monoisotopic (exact) mass is 544 g/mol. The summed E-state index contributed by atoms with van der Waals surface area (Å²) in [5.41, 5.74) is 1.47. The number of pyridine rings is 1. The molecule has 4 rings (SSSR count). The predicted octanol–water partition coefficient (Wildman–Crippen LogP) is 3.98. The van der Waals surface area contributed by atoms with Crippen LogP contribution < -0.4 is 10.6 Å². The summed E-state index contributed by atoms with van der Waals surface area (Å²) in [5, 5.41) is 5.70. The number of aromatic nitrogens is 1. The molecule has 1 aromatic heterocycles. The largest absolute Gasteiger partial charge is 0.348 e. The van der Waals surface area contributed by atoms with Crippen LogP contribution in [0.3, 0.4) is 0 Å². The van der Waals surface area contributed by atoms with E-state index in [1.165, 1.54) is 22.5 Å². The van der Waals surface area contributed by atoms with Crippen LogP contribution in [-0.4, -0.2) is 42.6 Å².